The van der Waals surface area contributed by atoms with Crippen molar-refractivity contribution in [3.05, 3.63) is 41.0 Å². The van der Waals surface area contributed by atoms with Crippen LogP contribution in [0.2, 0.25) is 0 Å². The molecule has 7 nitrogen and oxygen atoms in total. The number of aromatic nitrogens is 2. The summed E-state index contributed by atoms with van der Waals surface area (Å²) < 4.78 is 16.1. The highest BCUT2D eigenvalue weighted by Gasteiger charge is 2.26. The minimum Gasteiger partial charge on any atom is -0.497 e. The van der Waals surface area contributed by atoms with Gasteiger partial charge in [-0.2, -0.15) is 4.98 Å². The molecule has 26 heavy (non-hydrogen) atoms. The van der Waals surface area contributed by atoms with Crippen LogP contribution in [0, 0.1) is 13.8 Å². The van der Waals surface area contributed by atoms with Crippen molar-refractivity contribution in [3.63, 3.8) is 0 Å². The number of hydrogen-bond donors (Lipinski definition) is 0. The fraction of sp³-hybridized carbons (Fsp3) is 0.526. The number of amides is 1. The van der Waals surface area contributed by atoms with Crippen LogP contribution in [0.15, 0.2) is 22.7 Å². The SMILES string of the molecule is COc1ccc(C(=O)N2CCCC(OCCc3noc(C)n3)C2)c(C)c1. The molecule has 1 aromatic heterocycles. The summed E-state index contributed by atoms with van der Waals surface area (Å²) in [6.45, 7) is 5.58. The molecule has 1 saturated heterocycles. The second-order valence-corrected chi connectivity index (χ2v) is 6.55. The molecule has 2 heterocycles. The smallest absolute Gasteiger partial charge is 0.254 e. The molecule has 2 aromatic rings. The quantitative estimate of drug-likeness (QED) is 0.789. The Labute approximate surface area is 153 Å². The molecule has 1 fully saturated rings. The first-order chi connectivity index (χ1) is 12.6. The maximum absolute atomic E-state index is 12.9. The lowest BCUT2D eigenvalue weighted by Gasteiger charge is -2.33. The van der Waals surface area contributed by atoms with Crippen LogP contribution in [0.25, 0.3) is 0 Å². The Morgan fingerprint density at radius 3 is 2.92 bits per heavy atom. The van der Waals surface area contributed by atoms with Gasteiger partial charge in [0, 0.05) is 32.0 Å². The van der Waals surface area contributed by atoms with E-state index in [-0.39, 0.29) is 12.0 Å². The molecular formula is C19H25N3O4. The average Bonchev–Trinajstić information content (AvgIpc) is 3.06. The molecule has 0 aliphatic carbocycles. The van der Waals surface area contributed by atoms with Crippen molar-refractivity contribution in [2.24, 2.45) is 0 Å². The predicted molar refractivity (Wildman–Crippen MR) is 95.3 cm³/mol. The van der Waals surface area contributed by atoms with Crippen molar-refractivity contribution in [2.45, 2.75) is 39.2 Å². The molecule has 0 spiro atoms. The Kier molecular flexibility index (Phi) is 5.88. The molecule has 0 radical (unpaired) electrons. The maximum Gasteiger partial charge on any atom is 0.254 e. The summed E-state index contributed by atoms with van der Waals surface area (Å²) in [5, 5.41) is 3.86. The fourth-order valence-corrected chi connectivity index (χ4v) is 3.19. The van der Waals surface area contributed by atoms with Gasteiger partial charge in [0.2, 0.25) is 5.89 Å². The van der Waals surface area contributed by atoms with Crippen LogP contribution in [0.3, 0.4) is 0 Å². The summed E-state index contributed by atoms with van der Waals surface area (Å²) in [6, 6.07) is 5.54. The number of benzene rings is 1. The highest BCUT2D eigenvalue weighted by atomic mass is 16.5. The number of rotatable bonds is 6. The topological polar surface area (TPSA) is 77.7 Å². The summed E-state index contributed by atoms with van der Waals surface area (Å²) in [5.41, 5.74) is 1.64. The number of carbonyl (C=O) groups is 1. The van der Waals surface area contributed by atoms with E-state index in [4.69, 9.17) is 14.0 Å². The summed E-state index contributed by atoms with van der Waals surface area (Å²) >= 11 is 0. The minimum atomic E-state index is 0.0410. The first-order valence-corrected chi connectivity index (χ1v) is 8.91. The van der Waals surface area contributed by atoms with Gasteiger partial charge < -0.3 is 18.9 Å². The first-order valence-electron chi connectivity index (χ1n) is 8.91. The zero-order valence-electron chi connectivity index (χ0n) is 15.5. The first kappa shape index (κ1) is 18.4. The van der Waals surface area contributed by atoms with E-state index in [9.17, 15) is 4.79 Å². The summed E-state index contributed by atoms with van der Waals surface area (Å²) in [5.74, 6) is 2.02. The van der Waals surface area contributed by atoms with E-state index in [1.165, 1.54) is 0 Å². The van der Waals surface area contributed by atoms with E-state index in [1.807, 2.05) is 30.0 Å². The van der Waals surface area contributed by atoms with Gasteiger partial charge in [0.05, 0.1) is 19.8 Å². The largest absolute Gasteiger partial charge is 0.497 e. The van der Waals surface area contributed by atoms with Gasteiger partial charge in [-0.15, -0.1) is 0 Å². The standard InChI is InChI=1S/C19H25N3O4/c1-13-11-15(24-3)6-7-17(13)19(23)22-9-4-5-16(12-22)25-10-8-18-20-14(2)26-21-18/h6-7,11,16H,4-5,8-10,12H2,1-3H3. The number of aryl methyl sites for hydroxylation is 2. The highest BCUT2D eigenvalue weighted by molar-refractivity contribution is 5.95. The van der Waals surface area contributed by atoms with E-state index in [0.29, 0.717) is 36.9 Å². The molecule has 0 saturated carbocycles. The van der Waals surface area contributed by atoms with E-state index in [1.54, 1.807) is 14.0 Å². The van der Waals surface area contributed by atoms with Crippen molar-refractivity contribution < 1.29 is 18.8 Å². The van der Waals surface area contributed by atoms with Crippen LogP contribution in [-0.4, -0.2) is 53.9 Å². The van der Waals surface area contributed by atoms with Crippen LogP contribution in [0.5, 0.6) is 5.75 Å². The van der Waals surface area contributed by atoms with Crippen molar-refractivity contribution in [1.29, 1.82) is 0 Å². The van der Waals surface area contributed by atoms with Gasteiger partial charge >= 0.3 is 0 Å². The van der Waals surface area contributed by atoms with E-state index >= 15 is 0 Å². The lowest BCUT2D eigenvalue weighted by atomic mass is 10.0. The molecular weight excluding hydrogens is 334 g/mol. The molecule has 1 amide bonds. The molecule has 1 unspecified atom stereocenters. The van der Waals surface area contributed by atoms with Crippen LogP contribution in [0.4, 0.5) is 0 Å². The molecule has 1 aliphatic rings. The molecule has 3 rings (SSSR count). The lowest BCUT2D eigenvalue weighted by Crippen LogP contribution is -2.43. The van der Waals surface area contributed by atoms with Crippen molar-refractivity contribution in [3.8, 4) is 5.75 Å². The van der Waals surface area contributed by atoms with Crippen LogP contribution >= 0.6 is 0 Å². The third-order valence-corrected chi connectivity index (χ3v) is 4.58. The van der Waals surface area contributed by atoms with E-state index < -0.39 is 0 Å². The average molecular weight is 359 g/mol. The number of piperidine rings is 1. The summed E-state index contributed by atoms with van der Waals surface area (Å²) in [7, 11) is 1.62. The lowest BCUT2D eigenvalue weighted by molar-refractivity contribution is 0.00248. The Bertz CT molecular complexity index is 759. The Morgan fingerprint density at radius 2 is 2.23 bits per heavy atom. The molecule has 140 valence electrons. The molecule has 1 atom stereocenters. The number of hydrogen-bond acceptors (Lipinski definition) is 6. The molecule has 7 heteroatoms. The summed E-state index contributed by atoms with van der Waals surface area (Å²) in [4.78, 5) is 18.9. The molecule has 1 aliphatic heterocycles. The number of carbonyl (C=O) groups excluding carboxylic acids is 1. The van der Waals surface area contributed by atoms with Crippen molar-refractivity contribution in [2.75, 3.05) is 26.8 Å². The Hall–Kier alpha value is -2.41. The van der Waals surface area contributed by atoms with E-state index in [0.717, 1.165) is 30.7 Å². The van der Waals surface area contributed by atoms with Gasteiger partial charge in [0.1, 0.15) is 5.75 Å². The number of nitrogens with zero attached hydrogens (tertiary/aromatic N) is 3. The number of likely N-dealkylation sites (tertiary alicyclic amines) is 1. The van der Waals surface area contributed by atoms with Gasteiger partial charge in [-0.1, -0.05) is 5.16 Å². The molecule has 1 aromatic carbocycles. The second kappa shape index (κ2) is 8.31. The highest BCUT2D eigenvalue weighted by Crippen LogP contribution is 2.21. The van der Waals surface area contributed by atoms with Gasteiger partial charge in [-0.3, -0.25) is 4.79 Å². The van der Waals surface area contributed by atoms with Gasteiger partial charge in [-0.25, -0.2) is 0 Å². The minimum absolute atomic E-state index is 0.0410. The van der Waals surface area contributed by atoms with Crippen LogP contribution < -0.4 is 4.74 Å². The second-order valence-electron chi connectivity index (χ2n) is 6.55. The maximum atomic E-state index is 12.9. The van der Waals surface area contributed by atoms with Crippen LogP contribution in [0.1, 0.15) is 40.5 Å². The van der Waals surface area contributed by atoms with E-state index in [2.05, 4.69) is 10.1 Å². The third-order valence-electron chi connectivity index (χ3n) is 4.58. The van der Waals surface area contributed by atoms with Gasteiger partial charge in [-0.05, 0) is 43.5 Å². The Balaban J connectivity index is 1.54. The normalized spacial score (nSPS) is 17.3. The third kappa shape index (κ3) is 4.40. The fourth-order valence-electron chi connectivity index (χ4n) is 3.19. The van der Waals surface area contributed by atoms with Crippen LogP contribution in [-0.2, 0) is 11.2 Å². The molecule has 0 bridgehead atoms. The summed E-state index contributed by atoms with van der Waals surface area (Å²) in [6.07, 6.45) is 2.54. The molecule has 0 N–H and O–H groups in total. The Morgan fingerprint density at radius 1 is 1.38 bits per heavy atom. The van der Waals surface area contributed by atoms with Gasteiger partial charge in [0.25, 0.3) is 5.91 Å². The zero-order chi connectivity index (χ0) is 18.5. The monoisotopic (exact) mass is 359 g/mol. The van der Waals surface area contributed by atoms with Gasteiger partial charge in [0.15, 0.2) is 5.82 Å². The van der Waals surface area contributed by atoms with Crippen molar-refractivity contribution in [1.82, 2.24) is 15.0 Å². The van der Waals surface area contributed by atoms with Crippen molar-refractivity contribution >= 4 is 5.91 Å². The zero-order valence-corrected chi connectivity index (χ0v) is 15.5. The predicted octanol–water partition coefficient (Wildman–Crippen LogP) is 2.56. The number of methoxy groups -OCH3 is 1. The number of ether oxygens (including phenoxy) is 2.